The Kier molecular flexibility index (Phi) is 4.25. The minimum atomic E-state index is 0.104. The molecule has 1 aliphatic rings. The van der Waals surface area contributed by atoms with Crippen LogP contribution < -0.4 is 10.6 Å². The monoisotopic (exact) mass is 285 g/mol. The van der Waals surface area contributed by atoms with Gasteiger partial charge in [0.15, 0.2) is 0 Å². The van der Waals surface area contributed by atoms with Crippen molar-refractivity contribution in [3.8, 4) is 0 Å². The molecular weight excluding hydrogens is 266 g/mol. The quantitative estimate of drug-likeness (QED) is 0.841. The number of nitrogens with zero attached hydrogens (tertiary/aromatic N) is 3. The van der Waals surface area contributed by atoms with E-state index in [9.17, 15) is 4.79 Å². The Hall–Kier alpha value is -2.21. The zero-order valence-corrected chi connectivity index (χ0v) is 11.8. The van der Waals surface area contributed by atoms with Crippen molar-refractivity contribution in [2.75, 3.05) is 13.1 Å². The van der Waals surface area contributed by atoms with Gasteiger partial charge in [-0.3, -0.25) is 4.79 Å². The molecule has 2 heterocycles. The maximum absolute atomic E-state index is 12.1. The molecule has 1 amide bonds. The number of aromatic nitrogens is 3. The van der Waals surface area contributed by atoms with Crippen molar-refractivity contribution in [3.63, 3.8) is 0 Å². The normalized spacial score (nSPS) is 17.8. The Balaban J connectivity index is 1.63. The summed E-state index contributed by atoms with van der Waals surface area (Å²) < 4.78 is 1.78. The molecule has 0 radical (unpaired) electrons. The van der Waals surface area contributed by atoms with Crippen LogP contribution in [-0.2, 0) is 17.9 Å². The lowest BCUT2D eigenvalue weighted by molar-refractivity contribution is -0.124. The summed E-state index contributed by atoms with van der Waals surface area (Å²) in [6, 6.07) is 8.08. The van der Waals surface area contributed by atoms with Crippen LogP contribution in [0, 0.1) is 5.92 Å². The highest BCUT2D eigenvalue weighted by molar-refractivity contribution is 5.79. The van der Waals surface area contributed by atoms with Crippen molar-refractivity contribution in [2.24, 2.45) is 5.92 Å². The molecule has 3 rings (SSSR count). The zero-order chi connectivity index (χ0) is 14.5. The number of hydrogen-bond donors (Lipinski definition) is 2. The fourth-order valence-electron chi connectivity index (χ4n) is 2.58. The van der Waals surface area contributed by atoms with Gasteiger partial charge in [0.05, 0.1) is 12.5 Å². The van der Waals surface area contributed by atoms with Crippen LogP contribution in [0.15, 0.2) is 36.9 Å². The van der Waals surface area contributed by atoms with Crippen LogP contribution in [0.5, 0.6) is 0 Å². The average molecular weight is 285 g/mol. The number of nitrogens with one attached hydrogen (secondary N) is 2. The first-order chi connectivity index (χ1) is 10.3. The second kappa shape index (κ2) is 6.49. The van der Waals surface area contributed by atoms with E-state index >= 15 is 0 Å². The highest BCUT2D eigenvalue weighted by Gasteiger charge is 2.21. The summed E-state index contributed by atoms with van der Waals surface area (Å²) in [4.78, 5) is 16.0. The molecular formula is C15H19N5O. The first-order valence-corrected chi connectivity index (χ1v) is 7.20. The van der Waals surface area contributed by atoms with E-state index in [2.05, 4.69) is 26.8 Å². The van der Waals surface area contributed by atoms with Crippen LogP contribution in [0.25, 0.3) is 0 Å². The van der Waals surface area contributed by atoms with Gasteiger partial charge in [-0.05, 0) is 24.1 Å². The van der Waals surface area contributed by atoms with Gasteiger partial charge in [-0.1, -0.05) is 24.3 Å². The summed E-state index contributed by atoms with van der Waals surface area (Å²) >= 11 is 0. The van der Waals surface area contributed by atoms with Crippen molar-refractivity contribution < 1.29 is 4.79 Å². The van der Waals surface area contributed by atoms with Crippen LogP contribution in [-0.4, -0.2) is 33.8 Å². The highest BCUT2D eigenvalue weighted by atomic mass is 16.1. The molecule has 6 heteroatoms. The van der Waals surface area contributed by atoms with Crippen LogP contribution in [0.3, 0.4) is 0 Å². The average Bonchev–Trinajstić information content (AvgIpc) is 3.19. The fraction of sp³-hybridized carbons (Fsp3) is 0.400. The van der Waals surface area contributed by atoms with Gasteiger partial charge in [0.1, 0.15) is 12.7 Å². The molecule has 1 aromatic heterocycles. The highest BCUT2D eigenvalue weighted by Crippen LogP contribution is 2.12. The third-order valence-electron chi connectivity index (χ3n) is 3.80. The van der Waals surface area contributed by atoms with Crippen molar-refractivity contribution >= 4 is 5.91 Å². The van der Waals surface area contributed by atoms with E-state index in [1.807, 2.05) is 18.2 Å². The molecule has 0 spiro atoms. The minimum Gasteiger partial charge on any atom is -0.352 e. The summed E-state index contributed by atoms with van der Waals surface area (Å²) in [5, 5.41) is 10.4. The summed E-state index contributed by atoms with van der Waals surface area (Å²) in [5.41, 5.74) is 2.26. The molecule has 1 saturated heterocycles. The predicted octanol–water partition coefficient (Wildman–Crippen LogP) is 0.552. The number of carbonyl (C=O) groups is 1. The second-order valence-corrected chi connectivity index (χ2v) is 5.27. The molecule has 2 aromatic rings. The lowest BCUT2D eigenvalue weighted by atomic mass is 10.1. The van der Waals surface area contributed by atoms with Gasteiger partial charge < -0.3 is 10.6 Å². The molecule has 1 aromatic carbocycles. The molecule has 6 nitrogen and oxygen atoms in total. The van der Waals surface area contributed by atoms with Crippen LogP contribution >= 0.6 is 0 Å². The van der Waals surface area contributed by atoms with Gasteiger partial charge in [-0.25, -0.2) is 9.67 Å². The Bertz CT molecular complexity index is 590. The zero-order valence-electron chi connectivity index (χ0n) is 11.8. The van der Waals surface area contributed by atoms with E-state index in [-0.39, 0.29) is 11.8 Å². The summed E-state index contributed by atoms with van der Waals surface area (Å²) in [6.45, 7) is 2.94. The van der Waals surface area contributed by atoms with E-state index in [1.54, 1.807) is 11.0 Å². The topological polar surface area (TPSA) is 71.8 Å². The van der Waals surface area contributed by atoms with Crippen molar-refractivity contribution in [1.29, 1.82) is 0 Å². The summed E-state index contributed by atoms with van der Waals surface area (Å²) in [7, 11) is 0. The first kappa shape index (κ1) is 13.8. The van der Waals surface area contributed by atoms with Crippen LogP contribution in [0.2, 0.25) is 0 Å². The Labute approximate surface area is 123 Å². The van der Waals surface area contributed by atoms with Gasteiger partial charge in [-0.15, -0.1) is 0 Å². The maximum atomic E-state index is 12.1. The number of carbonyl (C=O) groups excluding carboxylic acids is 1. The lowest BCUT2D eigenvalue weighted by Crippen LogP contribution is -2.31. The number of amides is 1. The SMILES string of the molecule is O=C(NCc1ccccc1Cn1cncn1)C1CCNC1. The molecule has 0 saturated carbocycles. The van der Waals surface area contributed by atoms with Crippen LogP contribution in [0.4, 0.5) is 0 Å². The molecule has 1 unspecified atom stereocenters. The summed E-state index contributed by atoms with van der Waals surface area (Å²) in [6.07, 6.45) is 4.14. The van der Waals surface area contributed by atoms with E-state index in [0.717, 1.165) is 30.6 Å². The molecule has 0 aliphatic carbocycles. The number of benzene rings is 1. The van der Waals surface area contributed by atoms with E-state index in [1.165, 1.54) is 6.33 Å². The van der Waals surface area contributed by atoms with E-state index in [4.69, 9.17) is 0 Å². The Morgan fingerprint density at radius 2 is 2.24 bits per heavy atom. The smallest absolute Gasteiger partial charge is 0.224 e. The Morgan fingerprint density at radius 3 is 2.95 bits per heavy atom. The first-order valence-electron chi connectivity index (χ1n) is 7.20. The molecule has 1 aliphatic heterocycles. The molecule has 21 heavy (non-hydrogen) atoms. The van der Waals surface area contributed by atoms with E-state index in [0.29, 0.717) is 13.1 Å². The lowest BCUT2D eigenvalue weighted by Gasteiger charge is -2.13. The molecule has 2 N–H and O–H groups in total. The maximum Gasteiger partial charge on any atom is 0.224 e. The number of rotatable bonds is 5. The van der Waals surface area contributed by atoms with Gasteiger partial charge in [0, 0.05) is 13.1 Å². The van der Waals surface area contributed by atoms with Gasteiger partial charge in [0.25, 0.3) is 0 Å². The predicted molar refractivity (Wildman–Crippen MR) is 78.4 cm³/mol. The van der Waals surface area contributed by atoms with E-state index < -0.39 is 0 Å². The molecule has 110 valence electrons. The Morgan fingerprint density at radius 1 is 1.38 bits per heavy atom. The second-order valence-electron chi connectivity index (χ2n) is 5.27. The van der Waals surface area contributed by atoms with Gasteiger partial charge in [-0.2, -0.15) is 5.10 Å². The summed E-state index contributed by atoms with van der Waals surface area (Å²) in [5.74, 6) is 0.239. The third kappa shape index (κ3) is 3.46. The molecule has 1 atom stereocenters. The van der Waals surface area contributed by atoms with Gasteiger partial charge in [0.2, 0.25) is 5.91 Å². The minimum absolute atomic E-state index is 0.104. The molecule has 0 bridgehead atoms. The third-order valence-corrected chi connectivity index (χ3v) is 3.80. The standard InChI is InChI=1S/C15H19N5O/c21-15(13-5-6-16-7-13)18-8-12-3-1-2-4-14(12)9-20-11-17-10-19-20/h1-4,10-11,13,16H,5-9H2,(H,18,21). The van der Waals surface area contributed by atoms with Crippen molar-refractivity contribution in [1.82, 2.24) is 25.4 Å². The molecule has 1 fully saturated rings. The van der Waals surface area contributed by atoms with Gasteiger partial charge >= 0.3 is 0 Å². The fourth-order valence-corrected chi connectivity index (χ4v) is 2.58. The number of hydrogen-bond acceptors (Lipinski definition) is 4. The van der Waals surface area contributed by atoms with Crippen molar-refractivity contribution in [2.45, 2.75) is 19.5 Å². The van der Waals surface area contributed by atoms with Crippen molar-refractivity contribution in [3.05, 3.63) is 48.0 Å². The van der Waals surface area contributed by atoms with Crippen LogP contribution in [0.1, 0.15) is 17.5 Å². The largest absolute Gasteiger partial charge is 0.352 e.